The van der Waals surface area contributed by atoms with Crippen LogP contribution in [0.2, 0.25) is 0 Å². The predicted molar refractivity (Wildman–Crippen MR) is 72.1 cm³/mol. The molecule has 0 spiro atoms. The third-order valence-electron chi connectivity index (χ3n) is 2.52. The number of unbranched alkanes of at least 4 members (excludes halogenated alkanes) is 3. The number of rotatable bonds is 6. The minimum absolute atomic E-state index is 0.905. The second-order valence-electron chi connectivity index (χ2n) is 4.13. The third kappa shape index (κ3) is 5.53. The maximum absolute atomic E-state index is 4.26. The molecule has 16 heavy (non-hydrogen) atoms. The van der Waals surface area contributed by atoms with E-state index in [1.165, 1.54) is 36.8 Å². The maximum atomic E-state index is 4.26. The van der Waals surface area contributed by atoms with E-state index in [-0.39, 0.29) is 0 Å². The first-order valence-corrected chi connectivity index (χ1v) is 6.15. The van der Waals surface area contributed by atoms with Gasteiger partial charge in [0.1, 0.15) is 0 Å². The van der Waals surface area contributed by atoms with Crippen LogP contribution in [0, 0.1) is 6.92 Å². The van der Waals surface area contributed by atoms with Gasteiger partial charge in [0.15, 0.2) is 0 Å². The second kappa shape index (κ2) is 7.90. The lowest BCUT2D eigenvalue weighted by atomic mass is 10.1. The van der Waals surface area contributed by atoms with Crippen LogP contribution < -0.4 is 0 Å². The molecule has 0 unspecified atom stereocenters. The highest BCUT2D eigenvalue weighted by molar-refractivity contribution is 5.77. The Kier molecular flexibility index (Phi) is 6.29. The summed E-state index contributed by atoms with van der Waals surface area (Å²) in [5.74, 6) is 3.00. The molecular formula is C15H21N. The van der Waals surface area contributed by atoms with E-state index in [1.807, 2.05) is 6.08 Å². The SMILES string of the molecule is CCCCCCN=C=Cc1ccc(C)cc1. The summed E-state index contributed by atoms with van der Waals surface area (Å²) in [5.41, 5.74) is 2.46. The zero-order chi connectivity index (χ0) is 11.6. The number of nitrogens with zero attached hydrogens (tertiary/aromatic N) is 1. The summed E-state index contributed by atoms with van der Waals surface area (Å²) in [6.07, 6.45) is 7.01. The third-order valence-corrected chi connectivity index (χ3v) is 2.52. The summed E-state index contributed by atoms with van der Waals surface area (Å²) in [7, 11) is 0. The van der Waals surface area contributed by atoms with Crippen LogP contribution in [0.5, 0.6) is 0 Å². The van der Waals surface area contributed by atoms with Crippen molar-refractivity contribution in [3.05, 3.63) is 35.4 Å². The Hall–Kier alpha value is -1.33. The molecule has 0 aromatic heterocycles. The minimum Gasteiger partial charge on any atom is -0.243 e. The molecule has 0 fully saturated rings. The van der Waals surface area contributed by atoms with E-state index in [1.54, 1.807) is 0 Å². The van der Waals surface area contributed by atoms with Gasteiger partial charge in [-0.1, -0.05) is 56.0 Å². The van der Waals surface area contributed by atoms with Crippen molar-refractivity contribution < 1.29 is 0 Å². The van der Waals surface area contributed by atoms with Crippen LogP contribution in [-0.2, 0) is 0 Å². The van der Waals surface area contributed by atoms with Gasteiger partial charge >= 0.3 is 0 Å². The van der Waals surface area contributed by atoms with Crippen LogP contribution in [0.15, 0.2) is 29.3 Å². The van der Waals surface area contributed by atoms with Crippen LogP contribution in [0.3, 0.4) is 0 Å². The standard InChI is InChI=1S/C15H21N/c1-3-4-5-6-12-16-13-11-15-9-7-14(2)8-10-15/h7-11H,3-6,12H2,1-2H3. The topological polar surface area (TPSA) is 12.4 Å². The minimum atomic E-state index is 0.905. The second-order valence-corrected chi connectivity index (χ2v) is 4.13. The first kappa shape index (κ1) is 12.7. The average Bonchev–Trinajstić information content (AvgIpc) is 2.30. The van der Waals surface area contributed by atoms with E-state index in [9.17, 15) is 0 Å². The Balaban J connectivity index is 2.30. The van der Waals surface area contributed by atoms with Crippen molar-refractivity contribution >= 4 is 11.9 Å². The molecule has 1 aromatic carbocycles. The van der Waals surface area contributed by atoms with E-state index in [0.29, 0.717) is 0 Å². The number of benzene rings is 1. The summed E-state index contributed by atoms with van der Waals surface area (Å²) in [5, 5.41) is 0. The molecule has 1 heteroatoms. The van der Waals surface area contributed by atoms with Gasteiger partial charge in [-0.25, -0.2) is 4.99 Å². The Morgan fingerprint density at radius 1 is 1.12 bits per heavy atom. The zero-order valence-corrected chi connectivity index (χ0v) is 10.4. The predicted octanol–water partition coefficient (Wildman–Crippen LogP) is 4.26. The largest absolute Gasteiger partial charge is 0.243 e. The molecule has 0 aliphatic carbocycles. The number of hydrogen-bond acceptors (Lipinski definition) is 1. The van der Waals surface area contributed by atoms with Crippen molar-refractivity contribution in [1.82, 2.24) is 0 Å². The monoisotopic (exact) mass is 215 g/mol. The highest BCUT2D eigenvalue weighted by Gasteiger charge is 1.85. The highest BCUT2D eigenvalue weighted by Crippen LogP contribution is 2.03. The van der Waals surface area contributed by atoms with Crippen LogP contribution in [0.25, 0.3) is 6.08 Å². The lowest BCUT2D eigenvalue weighted by molar-refractivity contribution is 0.676. The van der Waals surface area contributed by atoms with Crippen molar-refractivity contribution in [1.29, 1.82) is 0 Å². The Morgan fingerprint density at radius 2 is 1.88 bits per heavy atom. The van der Waals surface area contributed by atoms with Gasteiger partial charge in [-0.15, -0.1) is 0 Å². The van der Waals surface area contributed by atoms with E-state index in [2.05, 4.69) is 49.0 Å². The first-order valence-electron chi connectivity index (χ1n) is 6.15. The van der Waals surface area contributed by atoms with Gasteiger partial charge in [0.05, 0.1) is 0 Å². The quantitative estimate of drug-likeness (QED) is 0.496. The van der Waals surface area contributed by atoms with Crippen LogP contribution >= 0.6 is 0 Å². The molecule has 0 aliphatic rings. The van der Waals surface area contributed by atoms with Crippen molar-refractivity contribution in [2.45, 2.75) is 39.5 Å². The van der Waals surface area contributed by atoms with Crippen LogP contribution in [0.4, 0.5) is 0 Å². The molecule has 0 atom stereocenters. The molecule has 0 heterocycles. The molecular weight excluding hydrogens is 194 g/mol. The van der Waals surface area contributed by atoms with Crippen molar-refractivity contribution in [2.75, 3.05) is 6.54 Å². The first-order chi connectivity index (χ1) is 7.83. The van der Waals surface area contributed by atoms with Crippen LogP contribution in [-0.4, -0.2) is 12.4 Å². The van der Waals surface area contributed by atoms with Gasteiger partial charge in [0.25, 0.3) is 0 Å². The van der Waals surface area contributed by atoms with Gasteiger partial charge in [0.2, 0.25) is 0 Å². The van der Waals surface area contributed by atoms with E-state index in [0.717, 1.165) is 6.54 Å². The normalized spacial score (nSPS) is 9.62. The molecule has 0 amide bonds. The van der Waals surface area contributed by atoms with Gasteiger partial charge in [-0.3, -0.25) is 0 Å². The smallest absolute Gasteiger partial charge is 0.0484 e. The lowest BCUT2D eigenvalue weighted by Crippen LogP contribution is -1.80. The van der Waals surface area contributed by atoms with Gasteiger partial charge in [0, 0.05) is 12.6 Å². The molecule has 0 aliphatic heterocycles. The molecule has 0 saturated heterocycles. The van der Waals surface area contributed by atoms with Crippen molar-refractivity contribution in [3.8, 4) is 0 Å². The average molecular weight is 215 g/mol. The van der Waals surface area contributed by atoms with Gasteiger partial charge < -0.3 is 0 Å². The van der Waals surface area contributed by atoms with Crippen molar-refractivity contribution in [2.24, 2.45) is 4.99 Å². The summed E-state index contributed by atoms with van der Waals surface area (Å²) >= 11 is 0. The highest BCUT2D eigenvalue weighted by atomic mass is 14.7. The summed E-state index contributed by atoms with van der Waals surface area (Å²) in [4.78, 5) is 4.26. The zero-order valence-electron chi connectivity index (χ0n) is 10.4. The fourth-order valence-electron chi connectivity index (χ4n) is 1.47. The van der Waals surface area contributed by atoms with Crippen LogP contribution in [0.1, 0.15) is 43.7 Å². The number of aliphatic imine (C=N–C) groups is 1. The Bertz CT molecular complexity index is 342. The van der Waals surface area contributed by atoms with E-state index < -0.39 is 0 Å². The lowest BCUT2D eigenvalue weighted by Gasteiger charge is -1.93. The fourth-order valence-corrected chi connectivity index (χ4v) is 1.47. The summed E-state index contributed by atoms with van der Waals surface area (Å²) < 4.78 is 0. The van der Waals surface area contributed by atoms with Gasteiger partial charge in [-0.05, 0) is 24.8 Å². The molecule has 1 aromatic rings. The fraction of sp³-hybridized carbons (Fsp3) is 0.467. The molecule has 0 radical (unpaired) electrons. The number of aryl methyl sites for hydroxylation is 1. The molecule has 1 nitrogen and oxygen atoms in total. The molecule has 1 rings (SSSR count). The molecule has 0 bridgehead atoms. The molecule has 0 saturated carbocycles. The Labute approximate surface area is 98.9 Å². The maximum Gasteiger partial charge on any atom is 0.0484 e. The van der Waals surface area contributed by atoms with Gasteiger partial charge in [-0.2, -0.15) is 0 Å². The molecule has 86 valence electrons. The summed E-state index contributed by atoms with van der Waals surface area (Å²) in [6, 6.07) is 8.40. The molecule has 0 N–H and O–H groups in total. The van der Waals surface area contributed by atoms with E-state index in [4.69, 9.17) is 0 Å². The summed E-state index contributed by atoms with van der Waals surface area (Å²) in [6.45, 7) is 5.22. The Morgan fingerprint density at radius 3 is 2.56 bits per heavy atom. The number of hydrogen-bond donors (Lipinski definition) is 0. The van der Waals surface area contributed by atoms with Crippen molar-refractivity contribution in [3.63, 3.8) is 0 Å². The van der Waals surface area contributed by atoms with E-state index >= 15 is 0 Å².